The Balaban J connectivity index is 2.13. The monoisotopic (exact) mass is 246 g/mol. The van der Waals surface area contributed by atoms with E-state index in [0.717, 1.165) is 44.2 Å². The number of hydrogen-bond acceptors (Lipinski definition) is 3. The van der Waals surface area contributed by atoms with Crippen molar-refractivity contribution in [2.24, 2.45) is 0 Å². The van der Waals surface area contributed by atoms with E-state index >= 15 is 0 Å². The number of amides is 1. The summed E-state index contributed by atoms with van der Waals surface area (Å²) in [6.45, 7) is 1.80. The molecule has 1 heterocycles. The largest absolute Gasteiger partial charge is 0.334 e. The Morgan fingerprint density at radius 2 is 2.11 bits per heavy atom. The number of H-pyrrole nitrogens is 1. The van der Waals surface area contributed by atoms with Gasteiger partial charge in [-0.3, -0.25) is 9.89 Å². The van der Waals surface area contributed by atoms with Gasteiger partial charge in [-0.15, -0.1) is 0 Å². The van der Waals surface area contributed by atoms with Gasteiger partial charge >= 0.3 is 0 Å². The topological polar surface area (TPSA) is 81.6 Å². The van der Waals surface area contributed by atoms with E-state index in [9.17, 15) is 10.1 Å². The Morgan fingerprint density at radius 1 is 1.44 bits per heavy atom. The highest BCUT2D eigenvalue weighted by Gasteiger charge is 2.33. The molecule has 96 valence electrons. The number of nitriles is 1. The molecule has 0 unspecified atom stereocenters. The Hall–Kier alpha value is -1.83. The van der Waals surface area contributed by atoms with Crippen molar-refractivity contribution < 1.29 is 4.79 Å². The van der Waals surface area contributed by atoms with Crippen LogP contribution in [0.15, 0.2) is 6.20 Å². The molecule has 0 aromatic carbocycles. The van der Waals surface area contributed by atoms with Gasteiger partial charge in [-0.25, -0.2) is 0 Å². The zero-order valence-corrected chi connectivity index (χ0v) is 10.6. The van der Waals surface area contributed by atoms with Gasteiger partial charge in [0.05, 0.1) is 17.8 Å². The summed E-state index contributed by atoms with van der Waals surface area (Å²) in [5, 5.41) is 18.9. The van der Waals surface area contributed by atoms with E-state index < -0.39 is 5.54 Å². The lowest BCUT2D eigenvalue weighted by Gasteiger charge is -2.26. The molecule has 1 aliphatic carbocycles. The van der Waals surface area contributed by atoms with Crippen LogP contribution in [-0.2, 0) is 0 Å². The molecule has 0 bridgehead atoms. The van der Waals surface area contributed by atoms with Gasteiger partial charge in [-0.1, -0.05) is 25.7 Å². The van der Waals surface area contributed by atoms with Crippen LogP contribution in [0.25, 0.3) is 0 Å². The highest BCUT2D eigenvalue weighted by Crippen LogP contribution is 2.27. The summed E-state index contributed by atoms with van der Waals surface area (Å²) in [7, 11) is 0. The zero-order chi connectivity index (χ0) is 13.0. The molecule has 5 nitrogen and oxygen atoms in total. The van der Waals surface area contributed by atoms with Gasteiger partial charge in [0.15, 0.2) is 0 Å². The molecule has 18 heavy (non-hydrogen) atoms. The Bertz CT molecular complexity index is 464. The van der Waals surface area contributed by atoms with Crippen molar-refractivity contribution in [3.63, 3.8) is 0 Å². The maximum atomic E-state index is 12.1. The first-order chi connectivity index (χ1) is 8.67. The first-order valence-corrected chi connectivity index (χ1v) is 6.41. The number of carbonyl (C=O) groups is 1. The molecule has 1 amide bonds. The number of nitrogens with one attached hydrogen (secondary N) is 2. The minimum atomic E-state index is -0.697. The Kier molecular flexibility index (Phi) is 3.66. The van der Waals surface area contributed by atoms with Gasteiger partial charge in [0, 0.05) is 5.69 Å². The molecule has 0 aliphatic heterocycles. The maximum absolute atomic E-state index is 12.1. The lowest BCUT2D eigenvalue weighted by atomic mass is 9.91. The second-order valence-electron chi connectivity index (χ2n) is 4.97. The fraction of sp³-hybridized carbons (Fsp3) is 0.615. The van der Waals surface area contributed by atoms with E-state index in [1.165, 1.54) is 6.20 Å². The van der Waals surface area contributed by atoms with Gasteiger partial charge in [-0.05, 0) is 19.8 Å². The molecule has 2 rings (SSSR count). The molecular formula is C13H18N4O. The van der Waals surface area contributed by atoms with Crippen LogP contribution in [0, 0.1) is 18.3 Å². The predicted molar refractivity (Wildman–Crippen MR) is 66.8 cm³/mol. The van der Waals surface area contributed by atoms with Crippen molar-refractivity contribution in [3.8, 4) is 6.07 Å². The summed E-state index contributed by atoms with van der Waals surface area (Å²) in [5.41, 5.74) is 0.556. The van der Waals surface area contributed by atoms with E-state index in [1.807, 2.05) is 0 Å². The number of nitrogens with zero attached hydrogens (tertiary/aromatic N) is 2. The number of aromatic nitrogens is 2. The van der Waals surface area contributed by atoms with Gasteiger partial charge < -0.3 is 5.32 Å². The minimum Gasteiger partial charge on any atom is -0.334 e. The minimum absolute atomic E-state index is 0.204. The van der Waals surface area contributed by atoms with E-state index in [4.69, 9.17) is 0 Å². The third kappa shape index (κ3) is 2.53. The molecule has 0 radical (unpaired) electrons. The lowest BCUT2D eigenvalue weighted by molar-refractivity contribution is 0.0912. The van der Waals surface area contributed by atoms with Gasteiger partial charge in [0.2, 0.25) is 0 Å². The van der Waals surface area contributed by atoms with E-state index in [0.29, 0.717) is 5.56 Å². The molecule has 5 heteroatoms. The fourth-order valence-corrected chi connectivity index (χ4v) is 2.46. The van der Waals surface area contributed by atoms with Crippen LogP contribution in [0.2, 0.25) is 0 Å². The van der Waals surface area contributed by atoms with Crippen LogP contribution in [0.3, 0.4) is 0 Å². The van der Waals surface area contributed by atoms with E-state index in [-0.39, 0.29) is 5.91 Å². The van der Waals surface area contributed by atoms with Crippen LogP contribution >= 0.6 is 0 Å². The summed E-state index contributed by atoms with van der Waals surface area (Å²) < 4.78 is 0. The van der Waals surface area contributed by atoms with Crippen molar-refractivity contribution in [2.75, 3.05) is 0 Å². The second kappa shape index (κ2) is 5.21. The van der Waals surface area contributed by atoms with E-state index in [1.54, 1.807) is 6.92 Å². The average Bonchev–Trinajstić information content (AvgIpc) is 2.66. The Labute approximate surface area is 107 Å². The average molecular weight is 246 g/mol. The van der Waals surface area contributed by atoms with Gasteiger partial charge in [-0.2, -0.15) is 10.4 Å². The number of carbonyl (C=O) groups excluding carboxylic acids is 1. The fourth-order valence-electron chi connectivity index (χ4n) is 2.46. The van der Waals surface area contributed by atoms with Crippen molar-refractivity contribution in [2.45, 2.75) is 51.0 Å². The molecule has 1 aromatic rings. The highest BCUT2D eigenvalue weighted by atomic mass is 16.1. The molecule has 1 fully saturated rings. The quantitative estimate of drug-likeness (QED) is 0.784. The van der Waals surface area contributed by atoms with Crippen LogP contribution in [0.5, 0.6) is 0 Å². The summed E-state index contributed by atoms with van der Waals surface area (Å²) in [6, 6.07) is 2.31. The van der Waals surface area contributed by atoms with Crippen LogP contribution < -0.4 is 5.32 Å². The molecule has 0 saturated heterocycles. The second-order valence-corrected chi connectivity index (χ2v) is 4.97. The molecule has 0 atom stereocenters. The summed E-state index contributed by atoms with van der Waals surface area (Å²) in [4.78, 5) is 12.1. The van der Waals surface area contributed by atoms with Gasteiger partial charge in [0.1, 0.15) is 5.54 Å². The van der Waals surface area contributed by atoms with Crippen LogP contribution in [0.1, 0.15) is 54.6 Å². The summed E-state index contributed by atoms with van der Waals surface area (Å²) in [5.74, 6) is -0.204. The Morgan fingerprint density at radius 3 is 2.61 bits per heavy atom. The van der Waals surface area contributed by atoms with Gasteiger partial charge in [0.25, 0.3) is 5.91 Å². The lowest BCUT2D eigenvalue weighted by Crippen LogP contribution is -2.47. The van der Waals surface area contributed by atoms with Crippen molar-refractivity contribution in [1.29, 1.82) is 5.26 Å². The molecular weight excluding hydrogens is 228 g/mol. The number of aromatic amines is 1. The molecule has 1 saturated carbocycles. The SMILES string of the molecule is Cc1[nH]ncc1C(=O)NC1(C#N)CCCCCC1. The molecule has 1 aromatic heterocycles. The number of aryl methyl sites for hydroxylation is 1. The third-order valence-electron chi connectivity index (χ3n) is 3.60. The zero-order valence-electron chi connectivity index (χ0n) is 10.6. The smallest absolute Gasteiger partial charge is 0.255 e. The number of rotatable bonds is 2. The molecule has 0 spiro atoms. The molecule has 1 aliphatic rings. The van der Waals surface area contributed by atoms with Crippen molar-refractivity contribution in [1.82, 2.24) is 15.5 Å². The first kappa shape index (κ1) is 12.6. The standard InChI is InChI=1S/C13H18N4O/c1-10-11(8-15-17-10)12(18)16-13(9-14)6-4-2-3-5-7-13/h8H,2-7H2,1H3,(H,15,17)(H,16,18). The first-order valence-electron chi connectivity index (χ1n) is 6.41. The van der Waals surface area contributed by atoms with Crippen LogP contribution in [-0.4, -0.2) is 21.6 Å². The van der Waals surface area contributed by atoms with Crippen molar-refractivity contribution in [3.05, 3.63) is 17.5 Å². The summed E-state index contributed by atoms with van der Waals surface area (Å²) in [6.07, 6.45) is 7.27. The van der Waals surface area contributed by atoms with Crippen molar-refractivity contribution >= 4 is 5.91 Å². The highest BCUT2D eigenvalue weighted by molar-refractivity contribution is 5.95. The third-order valence-corrected chi connectivity index (χ3v) is 3.60. The molecule has 2 N–H and O–H groups in total. The van der Waals surface area contributed by atoms with Crippen LogP contribution in [0.4, 0.5) is 0 Å². The normalized spacial score (nSPS) is 18.7. The summed E-state index contributed by atoms with van der Waals surface area (Å²) >= 11 is 0. The maximum Gasteiger partial charge on any atom is 0.255 e. The van der Waals surface area contributed by atoms with E-state index in [2.05, 4.69) is 21.6 Å². The predicted octanol–water partition coefficient (Wildman–Crippen LogP) is 2.06. The number of hydrogen-bond donors (Lipinski definition) is 2.